The Bertz CT molecular complexity index is 945. The van der Waals surface area contributed by atoms with E-state index in [0.29, 0.717) is 11.3 Å². The topological polar surface area (TPSA) is 54.9 Å². The Morgan fingerprint density at radius 3 is 2.79 bits per heavy atom. The summed E-state index contributed by atoms with van der Waals surface area (Å²) in [6.07, 6.45) is 3.02. The molecule has 7 heteroatoms. The molecule has 0 saturated heterocycles. The van der Waals surface area contributed by atoms with E-state index >= 15 is 0 Å². The van der Waals surface area contributed by atoms with E-state index in [1.807, 2.05) is 0 Å². The zero-order chi connectivity index (χ0) is 16.9. The van der Waals surface area contributed by atoms with Crippen molar-refractivity contribution in [3.63, 3.8) is 0 Å². The lowest BCUT2D eigenvalue weighted by atomic mass is 10.1. The first-order chi connectivity index (χ1) is 11.6. The van der Waals surface area contributed by atoms with Gasteiger partial charge in [0.25, 0.3) is 11.2 Å². The highest BCUT2D eigenvalue weighted by Gasteiger charge is 2.12. The quantitative estimate of drug-likeness (QED) is 0.726. The number of pyridine rings is 1. The molecule has 0 atom stereocenters. The minimum absolute atomic E-state index is 0.143. The predicted octanol–water partition coefficient (Wildman–Crippen LogP) is 3.47. The van der Waals surface area contributed by atoms with Gasteiger partial charge in [-0.1, -0.05) is 17.3 Å². The fraction of sp³-hybridized carbons (Fsp3) is 0. The molecule has 0 aliphatic rings. The van der Waals surface area contributed by atoms with Gasteiger partial charge in [0.1, 0.15) is 11.5 Å². The average molecular weight is 341 g/mol. The number of carbonyl (C=O) groups excluding carboxylic acids is 1. The highest BCUT2D eigenvalue weighted by Crippen LogP contribution is 2.13. The van der Waals surface area contributed by atoms with Crippen LogP contribution in [-0.2, 0) is 0 Å². The first kappa shape index (κ1) is 15.8. The van der Waals surface area contributed by atoms with E-state index in [4.69, 9.17) is 0 Å². The molecule has 0 unspecified atom stereocenters. The summed E-state index contributed by atoms with van der Waals surface area (Å²) >= 11 is 0.841. The van der Waals surface area contributed by atoms with Crippen molar-refractivity contribution >= 4 is 22.9 Å². The standard InChI is InChI=1S/C17H9F2N3OS/c18-15-6-4-11(3-5-13-10-24-17(19)22-13)8-14(15)16(23)21-12-2-1-7-20-9-12/h1-2,4,6-10H,(H,21,23). The summed E-state index contributed by atoms with van der Waals surface area (Å²) in [7, 11) is 0. The number of hydrogen-bond acceptors (Lipinski definition) is 4. The molecule has 24 heavy (non-hydrogen) atoms. The van der Waals surface area contributed by atoms with Gasteiger partial charge >= 0.3 is 0 Å². The summed E-state index contributed by atoms with van der Waals surface area (Å²) in [5.41, 5.74) is 1.01. The van der Waals surface area contributed by atoms with Gasteiger partial charge in [-0.2, -0.15) is 4.39 Å². The fourth-order valence-corrected chi connectivity index (χ4v) is 2.33. The largest absolute Gasteiger partial charge is 0.320 e. The van der Waals surface area contributed by atoms with Gasteiger partial charge in [0, 0.05) is 17.1 Å². The van der Waals surface area contributed by atoms with Crippen LogP contribution in [-0.4, -0.2) is 15.9 Å². The summed E-state index contributed by atoms with van der Waals surface area (Å²) in [6, 6.07) is 7.22. The lowest BCUT2D eigenvalue weighted by molar-refractivity contribution is 0.102. The van der Waals surface area contributed by atoms with Gasteiger partial charge in [-0.05, 0) is 36.3 Å². The average Bonchev–Trinajstić information content (AvgIpc) is 3.00. The molecule has 0 saturated carbocycles. The molecule has 4 nitrogen and oxygen atoms in total. The smallest absolute Gasteiger partial charge is 0.270 e. The van der Waals surface area contributed by atoms with Crippen LogP contribution in [0.25, 0.3) is 0 Å². The van der Waals surface area contributed by atoms with Crippen molar-refractivity contribution in [1.29, 1.82) is 0 Å². The predicted molar refractivity (Wildman–Crippen MR) is 86.6 cm³/mol. The van der Waals surface area contributed by atoms with Gasteiger partial charge in [-0.25, -0.2) is 9.37 Å². The number of amides is 1. The molecule has 3 aromatic rings. The van der Waals surface area contributed by atoms with Crippen molar-refractivity contribution in [3.05, 3.63) is 76.0 Å². The molecule has 0 aliphatic carbocycles. The summed E-state index contributed by atoms with van der Waals surface area (Å²) in [5, 5.41) is 3.45. The number of carbonyl (C=O) groups is 1. The van der Waals surface area contributed by atoms with Crippen LogP contribution in [0.3, 0.4) is 0 Å². The minimum Gasteiger partial charge on any atom is -0.320 e. The van der Waals surface area contributed by atoms with Gasteiger partial charge in [-0.3, -0.25) is 9.78 Å². The third-order valence-electron chi connectivity index (χ3n) is 2.94. The maximum absolute atomic E-state index is 13.9. The molecule has 2 aromatic heterocycles. The van der Waals surface area contributed by atoms with E-state index in [9.17, 15) is 13.6 Å². The number of benzene rings is 1. The number of nitrogens with one attached hydrogen (secondary N) is 1. The molecule has 1 N–H and O–H groups in total. The summed E-state index contributed by atoms with van der Waals surface area (Å²) < 4.78 is 26.7. The number of rotatable bonds is 2. The molecule has 1 aromatic carbocycles. The lowest BCUT2D eigenvalue weighted by Gasteiger charge is -2.06. The van der Waals surface area contributed by atoms with Gasteiger partial charge < -0.3 is 5.32 Å². The maximum Gasteiger partial charge on any atom is 0.270 e. The molecule has 3 rings (SSSR count). The fourth-order valence-electron chi connectivity index (χ4n) is 1.86. The second-order valence-corrected chi connectivity index (χ2v) is 5.43. The lowest BCUT2D eigenvalue weighted by Crippen LogP contribution is -2.14. The van der Waals surface area contributed by atoms with Crippen molar-refractivity contribution in [2.24, 2.45) is 0 Å². The van der Waals surface area contributed by atoms with E-state index in [1.165, 1.54) is 23.7 Å². The Morgan fingerprint density at radius 1 is 1.21 bits per heavy atom. The van der Waals surface area contributed by atoms with Crippen molar-refractivity contribution in [1.82, 2.24) is 9.97 Å². The van der Waals surface area contributed by atoms with E-state index in [-0.39, 0.29) is 11.3 Å². The van der Waals surface area contributed by atoms with E-state index in [2.05, 4.69) is 27.1 Å². The van der Waals surface area contributed by atoms with Crippen LogP contribution >= 0.6 is 11.3 Å². The van der Waals surface area contributed by atoms with Crippen LogP contribution in [0.2, 0.25) is 0 Å². The Labute approximate surface area is 140 Å². The molecule has 1 amide bonds. The number of hydrogen-bond donors (Lipinski definition) is 1. The van der Waals surface area contributed by atoms with Crippen LogP contribution < -0.4 is 5.32 Å². The van der Waals surface area contributed by atoms with Crippen LogP contribution in [0.15, 0.2) is 48.1 Å². The highest BCUT2D eigenvalue weighted by atomic mass is 32.1. The van der Waals surface area contributed by atoms with Crippen LogP contribution in [0, 0.1) is 22.9 Å². The normalized spacial score (nSPS) is 9.92. The summed E-state index contributed by atoms with van der Waals surface area (Å²) in [5.74, 6) is 4.12. The first-order valence-corrected chi connectivity index (χ1v) is 7.64. The highest BCUT2D eigenvalue weighted by molar-refractivity contribution is 7.08. The van der Waals surface area contributed by atoms with Crippen LogP contribution in [0.4, 0.5) is 14.5 Å². The summed E-state index contributed by atoms with van der Waals surface area (Å²) in [6.45, 7) is 0. The Kier molecular flexibility index (Phi) is 4.59. The molecule has 0 spiro atoms. The third-order valence-corrected chi connectivity index (χ3v) is 3.57. The van der Waals surface area contributed by atoms with E-state index < -0.39 is 17.0 Å². The van der Waals surface area contributed by atoms with Crippen molar-refractivity contribution in [3.8, 4) is 11.8 Å². The molecule has 0 radical (unpaired) electrons. The second kappa shape index (κ2) is 6.98. The zero-order valence-corrected chi connectivity index (χ0v) is 12.9. The number of thiazole rings is 1. The SMILES string of the molecule is O=C(Nc1cccnc1)c1cc(C#Cc2csc(F)n2)ccc1F. The molecule has 2 heterocycles. The van der Waals surface area contributed by atoms with Crippen molar-refractivity contribution in [2.45, 2.75) is 0 Å². The third kappa shape index (κ3) is 3.80. The van der Waals surface area contributed by atoms with E-state index in [1.54, 1.807) is 18.3 Å². The van der Waals surface area contributed by atoms with Gasteiger partial charge in [-0.15, -0.1) is 0 Å². The van der Waals surface area contributed by atoms with Gasteiger partial charge in [0.05, 0.1) is 17.4 Å². The molecule has 0 aliphatic heterocycles. The van der Waals surface area contributed by atoms with Crippen LogP contribution in [0.1, 0.15) is 21.6 Å². The molecular weight excluding hydrogens is 332 g/mol. The van der Waals surface area contributed by atoms with Gasteiger partial charge in [0.2, 0.25) is 0 Å². The molecule has 0 bridgehead atoms. The molecular formula is C17H9F2N3OS. The second-order valence-electron chi connectivity index (χ2n) is 4.63. The van der Waals surface area contributed by atoms with Crippen molar-refractivity contribution < 1.29 is 13.6 Å². The van der Waals surface area contributed by atoms with Crippen molar-refractivity contribution in [2.75, 3.05) is 5.32 Å². The number of aromatic nitrogens is 2. The number of halogens is 2. The minimum atomic E-state index is -0.665. The van der Waals surface area contributed by atoms with Crippen LogP contribution in [0.5, 0.6) is 0 Å². The van der Waals surface area contributed by atoms with E-state index in [0.717, 1.165) is 17.4 Å². The Hall–Kier alpha value is -3.11. The molecule has 118 valence electrons. The molecule has 0 fully saturated rings. The number of nitrogens with zero attached hydrogens (tertiary/aromatic N) is 2. The van der Waals surface area contributed by atoms with Gasteiger partial charge in [0.15, 0.2) is 0 Å². The number of anilines is 1. The Morgan fingerprint density at radius 2 is 2.08 bits per heavy atom. The first-order valence-electron chi connectivity index (χ1n) is 6.76. The summed E-state index contributed by atoms with van der Waals surface area (Å²) in [4.78, 5) is 19.6. The monoisotopic (exact) mass is 341 g/mol. The maximum atomic E-state index is 13.9. The Balaban J connectivity index is 1.84. The zero-order valence-electron chi connectivity index (χ0n) is 12.1.